The van der Waals surface area contributed by atoms with E-state index in [4.69, 9.17) is 10.5 Å². The van der Waals surface area contributed by atoms with Gasteiger partial charge < -0.3 is 10.5 Å². The Balaban J connectivity index is 0.00000169. The highest BCUT2D eigenvalue weighted by molar-refractivity contribution is 5.85. The molecule has 3 heteroatoms. The van der Waals surface area contributed by atoms with Crippen molar-refractivity contribution in [1.82, 2.24) is 0 Å². The average molecular weight is 222 g/mol. The summed E-state index contributed by atoms with van der Waals surface area (Å²) in [4.78, 5) is 0. The molecule has 14 heavy (non-hydrogen) atoms. The van der Waals surface area contributed by atoms with Crippen molar-refractivity contribution in [2.24, 2.45) is 11.7 Å². The first kappa shape index (κ1) is 14.2. The summed E-state index contributed by atoms with van der Waals surface area (Å²) >= 11 is 0. The maximum absolute atomic E-state index is 6.00. The highest BCUT2D eigenvalue weighted by Gasteiger charge is 2.38. The molecule has 1 fully saturated rings. The van der Waals surface area contributed by atoms with Gasteiger partial charge in [0.2, 0.25) is 0 Å². The van der Waals surface area contributed by atoms with E-state index >= 15 is 0 Å². The van der Waals surface area contributed by atoms with Crippen LogP contribution in [0.15, 0.2) is 0 Å². The third kappa shape index (κ3) is 4.16. The highest BCUT2D eigenvalue weighted by atomic mass is 35.5. The van der Waals surface area contributed by atoms with Gasteiger partial charge in [-0.3, -0.25) is 0 Å². The van der Waals surface area contributed by atoms with Crippen LogP contribution in [0, 0.1) is 5.92 Å². The van der Waals surface area contributed by atoms with Crippen molar-refractivity contribution in [3.05, 3.63) is 0 Å². The van der Waals surface area contributed by atoms with Crippen molar-refractivity contribution in [3.8, 4) is 0 Å². The largest absolute Gasteiger partial charge is 0.370 e. The molecule has 0 aliphatic carbocycles. The Hall–Kier alpha value is 0.210. The van der Waals surface area contributed by atoms with Gasteiger partial charge in [-0.2, -0.15) is 0 Å². The first-order chi connectivity index (χ1) is 5.85. The lowest BCUT2D eigenvalue weighted by atomic mass is 9.79. The van der Waals surface area contributed by atoms with Gasteiger partial charge in [-0.25, -0.2) is 0 Å². The molecule has 86 valence electrons. The Morgan fingerprint density at radius 2 is 1.57 bits per heavy atom. The predicted octanol–water partition coefficient (Wildman–Crippen LogP) is 2.74. The zero-order valence-electron chi connectivity index (χ0n) is 9.80. The van der Waals surface area contributed by atoms with E-state index in [-0.39, 0.29) is 23.6 Å². The van der Waals surface area contributed by atoms with Crippen LogP contribution in [0.4, 0.5) is 0 Å². The fraction of sp³-hybridized carbons (Fsp3) is 1.00. The molecule has 0 bridgehead atoms. The van der Waals surface area contributed by atoms with E-state index in [2.05, 4.69) is 27.7 Å². The summed E-state index contributed by atoms with van der Waals surface area (Å²) in [7, 11) is 0. The lowest BCUT2D eigenvalue weighted by molar-refractivity contribution is -0.172. The maximum Gasteiger partial charge on any atom is 0.0636 e. The molecule has 0 atom stereocenters. The summed E-state index contributed by atoms with van der Waals surface area (Å²) in [5.74, 6) is 0.740. The number of halogens is 1. The number of ether oxygens (including phenoxy) is 1. The maximum atomic E-state index is 6.00. The quantitative estimate of drug-likeness (QED) is 0.779. The Labute approximate surface area is 94.0 Å². The molecular formula is C11H24ClNO. The molecule has 0 amide bonds. The smallest absolute Gasteiger partial charge is 0.0636 e. The molecular weight excluding hydrogens is 198 g/mol. The average Bonchev–Trinajstić information content (AvgIpc) is 1.78. The van der Waals surface area contributed by atoms with Crippen LogP contribution in [0.3, 0.4) is 0 Å². The van der Waals surface area contributed by atoms with E-state index in [0.717, 1.165) is 31.7 Å². The van der Waals surface area contributed by atoms with Crippen molar-refractivity contribution < 1.29 is 4.74 Å². The minimum atomic E-state index is 0. The first-order valence-electron chi connectivity index (χ1n) is 5.25. The Morgan fingerprint density at radius 1 is 1.14 bits per heavy atom. The van der Waals surface area contributed by atoms with Crippen molar-refractivity contribution in [3.63, 3.8) is 0 Å². The molecule has 1 aliphatic rings. The van der Waals surface area contributed by atoms with Crippen LogP contribution in [-0.2, 0) is 4.74 Å². The topological polar surface area (TPSA) is 35.2 Å². The fourth-order valence-electron chi connectivity index (χ4n) is 2.73. The lowest BCUT2D eigenvalue weighted by Gasteiger charge is -2.45. The minimum Gasteiger partial charge on any atom is -0.370 e. The Bertz CT molecular complexity index is 164. The van der Waals surface area contributed by atoms with Crippen LogP contribution < -0.4 is 5.73 Å². The molecule has 1 aliphatic heterocycles. The van der Waals surface area contributed by atoms with E-state index in [1.807, 2.05) is 0 Å². The lowest BCUT2D eigenvalue weighted by Crippen LogP contribution is -2.45. The third-order valence-corrected chi connectivity index (χ3v) is 2.69. The van der Waals surface area contributed by atoms with Crippen LogP contribution in [0.1, 0.15) is 47.0 Å². The van der Waals surface area contributed by atoms with E-state index in [1.165, 1.54) is 0 Å². The van der Waals surface area contributed by atoms with Gasteiger partial charge in [0.1, 0.15) is 0 Å². The van der Waals surface area contributed by atoms with Crippen molar-refractivity contribution in [2.45, 2.75) is 58.2 Å². The zero-order chi connectivity index (χ0) is 10.1. The molecule has 2 nitrogen and oxygen atoms in total. The molecule has 1 saturated heterocycles. The van der Waals surface area contributed by atoms with Crippen LogP contribution in [0.25, 0.3) is 0 Å². The second-order valence-corrected chi connectivity index (χ2v) is 5.47. The number of hydrogen-bond donors (Lipinski definition) is 1. The Morgan fingerprint density at radius 3 is 1.93 bits per heavy atom. The van der Waals surface area contributed by atoms with Gasteiger partial charge in [-0.05, 0) is 59.4 Å². The summed E-state index contributed by atoms with van der Waals surface area (Å²) in [6, 6.07) is 0. The molecule has 0 unspecified atom stereocenters. The summed E-state index contributed by atoms with van der Waals surface area (Å²) in [5.41, 5.74) is 5.65. The SMILES string of the molecule is CC1(C)CC(CCN)CC(C)(C)O1.Cl. The highest BCUT2D eigenvalue weighted by Crippen LogP contribution is 2.39. The molecule has 1 heterocycles. The molecule has 2 N–H and O–H groups in total. The monoisotopic (exact) mass is 221 g/mol. The number of nitrogens with two attached hydrogens (primary N) is 1. The fourth-order valence-corrected chi connectivity index (χ4v) is 2.73. The van der Waals surface area contributed by atoms with E-state index in [9.17, 15) is 0 Å². The number of rotatable bonds is 2. The van der Waals surface area contributed by atoms with E-state index in [0.29, 0.717) is 0 Å². The van der Waals surface area contributed by atoms with Crippen molar-refractivity contribution in [2.75, 3.05) is 6.54 Å². The second-order valence-electron chi connectivity index (χ2n) is 5.47. The van der Waals surface area contributed by atoms with Gasteiger partial charge in [0, 0.05) is 0 Å². The predicted molar refractivity (Wildman–Crippen MR) is 62.9 cm³/mol. The standard InChI is InChI=1S/C11H23NO.ClH/c1-10(2)7-9(5-6-12)8-11(3,4)13-10;/h9H,5-8,12H2,1-4H3;1H. The molecule has 0 aromatic rings. The molecule has 0 aromatic heterocycles. The van der Waals surface area contributed by atoms with Crippen molar-refractivity contribution >= 4 is 12.4 Å². The second kappa shape index (κ2) is 4.82. The summed E-state index contributed by atoms with van der Waals surface area (Å²) in [5, 5.41) is 0. The van der Waals surface area contributed by atoms with E-state index in [1.54, 1.807) is 0 Å². The van der Waals surface area contributed by atoms with Gasteiger partial charge in [0.15, 0.2) is 0 Å². The van der Waals surface area contributed by atoms with Gasteiger partial charge in [-0.15, -0.1) is 12.4 Å². The van der Waals surface area contributed by atoms with Crippen molar-refractivity contribution in [1.29, 1.82) is 0 Å². The van der Waals surface area contributed by atoms with Gasteiger partial charge in [-0.1, -0.05) is 0 Å². The summed E-state index contributed by atoms with van der Waals surface area (Å²) < 4.78 is 6.00. The van der Waals surface area contributed by atoms with Gasteiger partial charge in [0.05, 0.1) is 11.2 Å². The van der Waals surface area contributed by atoms with Crippen LogP contribution >= 0.6 is 12.4 Å². The summed E-state index contributed by atoms with van der Waals surface area (Å²) in [6.45, 7) is 9.51. The molecule has 0 radical (unpaired) electrons. The first-order valence-corrected chi connectivity index (χ1v) is 5.25. The molecule has 0 saturated carbocycles. The number of hydrogen-bond acceptors (Lipinski definition) is 2. The molecule has 0 aromatic carbocycles. The third-order valence-electron chi connectivity index (χ3n) is 2.69. The normalized spacial score (nSPS) is 25.5. The zero-order valence-corrected chi connectivity index (χ0v) is 10.6. The minimum absolute atomic E-state index is 0. The van der Waals surface area contributed by atoms with Gasteiger partial charge >= 0.3 is 0 Å². The van der Waals surface area contributed by atoms with Crippen LogP contribution in [0.5, 0.6) is 0 Å². The van der Waals surface area contributed by atoms with Crippen LogP contribution in [0.2, 0.25) is 0 Å². The van der Waals surface area contributed by atoms with Crippen LogP contribution in [-0.4, -0.2) is 17.7 Å². The van der Waals surface area contributed by atoms with Gasteiger partial charge in [0.25, 0.3) is 0 Å². The van der Waals surface area contributed by atoms with E-state index < -0.39 is 0 Å². The summed E-state index contributed by atoms with van der Waals surface area (Å²) in [6.07, 6.45) is 3.43. The molecule has 0 spiro atoms. The Kier molecular flexibility index (Phi) is 4.89. The molecule has 1 rings (SSSR count).